The quantitative estimate of drug-likeness (QED) is 0.812. The maximum absolute atomic E-state index is 13.7. The Morgan fingerprint density at radius 2 is 2.14 bits per heavy atom. The minimum atomic E-state index is -1.99. The van der Waals surface area contributed by atoms with Gasteiger partial charge in [-0.25, -0.2) is 8.78 Å². The Bertz CT molecular complexity index is 324. The van der Waals surface area contributed by atoms with Crippen molar-refractivity contribution < 1.29 is 18.6 Å². The molecular weight excluding hydrogens is 190 g/mol. The third-order valence-electron chi connectivity index (χ3n) is 2.02. The summed E-state index contributed by atoms with van der Waals surface area (Å²) in [6, 6.07) is 3.53. The summed E-state index contributed by atoms with van der Waals surface area (Å²) in [5, 5.41) is 8.81. The van der Waals surface area contributed by atoms with Gasteiger partial charge in [0.1, 0.15) is 11.6 Å². The zero-order valence-corrected chi connectivity index (χ0v) is 8.05. The molecule has 78 valence electrons. The lowest BCUT2D eigenvalue weighted by Gasteiger charge is -2.20. The summed E-state index contributed by atoms with van der Waals surface area (Å²) >= 11 is 0. The predicted molar refractivity (Wildman–Crippen MR) is 48.5 cm³/mol. The number of halogens is 2. The lowest BCUT2D eigenvalue weighted by Crippen LogP contribution is -2.21. The van der Waals surface area contributed by atoms with Gasteiger partial charge < -0.3 is 9.84 Å². The minimum Gasteiger partial charge on any atom is -0.496 e. The molecule has 0 bridgehead atoms. The van der Waals surface area contributed by atoms with Crippen LogP contribution in [0.25, 0.3) is 0 Å². The highest BCUT2D eigenvalue weighted by Gasteiger charge is 2.28. The molecule has 0 heterocycles. The van der Waals surface area contributed by atoms with E-state index in [1.807, 2.05) is 0 Å². The van der Waals surface area contributed by atoms with Crippen molar-refractivity contribution in [1.82, 2.24) is 0 Å². The van der Waals surface area contributed by atoms with Crippen LogP contribution in [-0.4, -0.2) is 18.8 Å². The highest BCUT2D eigenvalue weighted by atomic mass is 19.1. The molecule has 4 heteroatoms. The van der Waals surface area contributed by atoms with E-state index < -0.39 is 18.1 Å². The molecule has 1 aromatic carbocycles. The van der Waals surface area contributed by atoms with Crippen molar-refractivity contribution in [2.75, 3.05) is 13.7 Å². The summed E-state index contributed by atoms with van der Waals surface area (Å²) in [6.45, 7) is 0.455. The number of methoxy groups -OCH3 is 1. The molecule has 0 aliphatic rings. The third-order valence-corrected chi connectivity index (χ3v) is 2.02. The molecule has 0 amide bonds. The minimum absolute atomic E-state index is 0.0162. The van der Waals surface area contributed by atoms with E-state index >= 15 is 0 Å². The predicted octanol–water partition coefficient (Wildman–Crippen LogP) is 2.01. The fourth-order valence-electron chi connectivity index (χ4n) is 1.17. The summed E-state index contributed by atoms with van der Waals surface area (Å²) in [6.07, 6.45) is 0. The van der Waals surface area contributed by atoms with E-state index in [2.05, 4.69) is 0 Å². The van der Waals surface area contributed by atoms with Crippen LogP contribution in [-0.2, 0) is 5.67 Å². The van der Waals surface area contributed by atoms with Crippen molar-refractivity contribution >= 4 is 0 Å². The number of alkyl halides is 1. The van der Waals surface area contributed by atoms with E-state index in [1.54, 1.807) is 0 Å². The van der Waals surface area contributed by atoms with Crippen LogP contribution in [0, 0.1) is 5.82 Å². The molecule has 0 saturated carbocycles. The molecule has 0 fully saturated rings. The van der Waals surface area contributed by atoms with E-state index in [1.165, 1.54) is 26.2 Å². The zero-order valence-electron chi connectivity index (χ0n) is 8.05. The van der Waals surface area contributed by atoms with Crippen LogP contribution in [0.3, 0.4) is 0 Å². The average molecular weight is 202 g/mol. The summed E-state index contributed by atoms with van der Waals surface area (Å²) < 4.78 is 31.4. The van der Waals surface area contributed by atoms with Gasteiger partial charge in [0.05, 0.1) is 13.7 Å². The lowest BCUT2D eigenvalue weighted by atomic mass is 9.98. The summed E-state index contributed by atoms with van der Waals surface area (Å²) in [5.41, 5.74) is -1.98. The van der Waals surface area contributed by atoms with E-state index in [9.17, 15) is 8.78 Å². The van der Waals surface area contributed by atoms with Gasteiger partial charge in [0.2, 0.25) is 0 Å². The first-order valence-electron chi connectivity index (χ1n) is 4.15. The van der Waals surface area contributed by atoms with Crippen molar-refractivity contribution in [3.8, 4) is 5.75 Å². The highest BCUT2D eigenvalue weighted by molar-refractivity contribution is 5.38. The Balaban J connectivity index is 3.23. The Hall–Kier alpha value is -1.16. The number of hydrogen-bond acceptors (Lipinski definition) is 2. The molecule has 0 aliphatic carbocycles. The van der Waals surface area contributed by atoms with Gasteiger partial charge in [-0.2, -0.15) is 0 Å². The number of aliphatic hydroxyl groups is 1. The standard InChI is InChI=1S/C10H12F2O2/c1-10(12,6-13)8-5-7(11)3-4-9(8)14-2/h3-5,13H,6H2,1-2H3. The fourth-order valence-corrected chi connectivity index (χ4v) is 1.17. The molecule has 1 rings (SSSR count). The van der Waals surface area contributed by atoms with Crippen LogP contribution in [0.15, 0.2) is 18.2 Å². The second kappa shape index (κ2) is 3.92. The van der Waals surface area contributed by atoms with Gasteiger partial charge in [0.25, 0.3) is 0 Å². The molecule has 1 aromatic rings. The number of rotatable bonds is 3. The van der Waals surface area contributed by atoms with E-state index in [4.69, 9.17) is 9.84 Å². The van der Waals surface area contributed by atoms with Gasteiger partial charge in [-0.05, 0) is 25.1 Å². The smallest absolute Gasteiger partial charge is 0.159 e. The van der Waals surface area contributed by atoms with E-state index in [0.29, 0.717) is 0 Å². The molecule has 14 heavy (non-hydrogen) atoms. The molecule has 2 nitrogen and oxygen atoms in total. The fraction of sp³-hybridized carbons (Fsp3) is 0.400. The SMILES string of the molecule is COc1ccc(F)cc1C(C)(F)CO. The van der Waals surface area contributed by atoms with E-state index in [0.717, 1.165) is 6.07 Å². The molecule has 1 N–H and O–H groups in total. The van der Waals surface area contributed by atoms with Gasteiger partial charge in [-0.3, -0.25) is 0 Å². The van der Waals surface area contributed by atoms with Gasteiger partial charge >= 0.3 is 0 Å². The molecule has 1 unspecified atom stereocenters. The van der Waals surface area contributed by atoms with Crippen LogP contribution >= 0.6 is 0 Å². The van der Waals surface area contributed by atoms with Crippen LogP contribution in [0.4, 0.5) is 8.78 Å². The molecule has 0 spiro atoms. The average Bonchev–Trinajstić information content (AvgIpc) is 2.18. The van der Waals surface area contributed by atoms with Crippen molar-refractivity contribution in [3.05, 3.63) is 29.6 Å². The van der Waals surface area contributed by atoms with Gasteiger partial charge in [-0.1, -0.05) is 0 Å². The number of hydrogen-bond donors (Lipinski definition) is 1. The first-order chi connectivity index (χ1) is 6.51. The summed E-state index contributed by atoms with van der Waals surface area (Å²) in [4.78, 5) is 0. The zero-order chi connectivity index (χ0) is 10.8. The summed E-state index contributed by atoms with van der Waals surface area (Å²) in [7, 11) is 1.37. The monoisotopic (exact) mass is 202 g/mol. The maximum atomic E-state index is 13.7. The third kappa shape index (κ3) is 2.01. The number of aliphatic hydroxyl groups excluding tert-OH is 1. The molecule has 0 saturated heterocycles. The van der Waals surface area contributed by atoms with Crippen molar-refractivity contribution in [1.29, 1.82) is 0 Å². The lowest BCUT2D eigenvalue weighted by molar-refractivity contribution is 0.0838. The Labute approximate surface area is 81.1 Å². The Morgan fingerprint density at radius 1 is 1.50 bits per heavy atom. The van der Waals surface area contributed by atoms with E-state index in [-0.39, 0.29) is 11.3 Å². The molecular formula is C10H12F2O2. The van der Waals surface area contributed by atoms with Crippen LogP contribution in [0.2, 0.25) is 0 Å². The first kappa shape index (κ1) is 10.9. The van der Waals surface area contributed by atoms with Gasteiger partial charge in [0, 0.05) is 5.56 Å². The highest BCUT2D eigenvalue weighted by Crippen LogP contribution is 2.33. The topological polar surface area (TPSA) is 29.5 Å². The number of benzene rings is 1. The van der Waals surface area contributed by atoms with Crippen molar-refractivity contribution in [3.63, 3.8) is 0 Å². The Morgan fingerprint density at radius 3 is 2.64 bits per heavy atom. The van der Waals surface area contributed by atoms with Crippen LogP contribution < -0.4 is 4.74 Å². The maximum Gasteiger partial charge on any atom is 0.159 e. The molecule has 0 aromatic heterocycles. The summed E-state index contributed by atoms with van der Waals surface area (Å²) in [5.74, 6) is -0.330. The molecule has 0 radical (unpaired) electrons. The second-order valence-electron chi connectivity index (χ2n) is 3.20. The first-order valence-corrected chi connectivity index (χ1v) is 4.15. The second-order valence-corrected chi connectivity index (χ2v) is 3.20. The molecule has 0 aliphatic heterocycles. The largest absolute Gasteiger partial charge is 0.496 e. The van der Waals surface area contributed by atoms with Gasteiger partial charge in [0.15, 0.2) is 5.67 Å². The molecule has 1 atom stereocenters. The normalized spacial score (nSPS) is 14.9. The van der Waals surface area contributed by atoms with Crippen molar-refractivity contribution in [2.45, 2.75) is 12.6 Å². The van der Waals surface area contributed by atoms with Crippen LogP contribution in [0.1, 0.15) is 12.5 Å². The van der Waals surface area contributed by atoms with Crippen molar-refractivity contribution in [2.24, 2.45) is 0 Å². The number of ether oxygens (including phenoxy) is 1. The van der Waals surface area contributed by atoms with Gasteiger partial charge in [-0.15, -0.1) is 0 Å². The Kier molecular flexibility index (Phi) is 3.06. The van der Waals surface area contributed by atoms with Crippen LogP contribution in [0.5, 0.6) is 5.75 Å².